The first kappa shape index (κ1) is 15.4. The van der Waals surface area contributed by atoms with Crippen LogP contribution in [0, 0.1) is 11.6 Å². The number of benzene rings is 2. The summed E-state index contributed by atoms with van der Waals surface area (Å²) in [5.41, 5.74) is 3.86. The van der Waals surface area contributed by atoms with E-state index in [0.717, 1.165) is 5.56 Å². The van der Waals surface area contributed by atoms with Crippen molar-refractivity contribution in [2.24, 2.45) is 5.84 Å². The van der Waals surface area contributed by atoms with Crippen LogP contribution in [0.4, 0.5) is 8.78 Å². The average Bonchev–Trinajstić information content (AvgIpc) is 2.41. The first-order valence-electron chi connectivity index (χ1n) is 5.86. The van der Waals surface area contributed by atoms with Gasteiger partial charge in [0.2, 0.25) is 0 Å². The zero-order chi connectivity index (χ0) is 14.7. The van der Waals surface area contributed by atoms with Crippen molar-refractivity contribution in [2.45, 2.75) is 12.5 Å². The lowest BCUT2D eigenvalue weighted by molar-refractivity contribution is 0.527. The first-order valence-corrected chi connectivity index (χ1v) is 7.03. The first-order chi connectivity index (χ1) is 9.51. The van der Waals surface area contributed by atoms with Gasteiger partial charge in [0.1, 0.15) is 11.6 Å². The number of hydrogen-bond donors (Lipinski definition) is 2. The Morgan fingerprint density at radius 2 is 1.90 bits per heavy atom. The molecule has 3 N–H and O–H groups in total. The standard InChI is InChI=1S/C14H12BrClF2N2/c15-11-5-9(2-4-12(11)17)14(20-19)6-8-1-3-10(16)7-13(8)18/h1-5,7,14,20H,6,19H2. The third-order valence-corrected chi connectivity index (χ3v) is 3.83. The number of nitrogens with two attached hydrogens (primary N) is 1. The highest BCUT2D eigenvalue weighted by molar-refractivity contribution is 9.10. The monoisotopic (exact) mass is 360 g/mol. The summed E-state index contributed by atoms with van der Waals surface area (Å²) in [5, 5.41) is 0.341. The minimum absolute atomic E-state index is 0.331. The largest absolute Gasteiger partial charge is 0.271 e. The molecular formula is C14H12BrClF2N2. The Labute approximate surface area is 129 Å². The SMILES string of the molecule is NNC(Cc1ccc(Cl)cc1F)c1ccc(F)c(Br)c1. The lowest BCUT2D eigenvalue weighted by atomic mass is 9.99. The van der Waals surface area contributed by atoms with Crippen LogP contribution in [-0.4, -0.2) is 0 Å². The molecule has 0 radical (unpaired) electrons. The summed E-state index contributed by atoms with van der Waals surface area (Å²) in [7, 11) is 0. The molecule has 106 valence electrons. The molecule has 0 spiro atoms. The highest BCUT2D eigenvalue weighted by Gasteiger charge is 2.15. The summed E-state index contributed by atoms with van der Waals surface area (Å²) < 4.78 is 27.4. The molecule has 0 saturated carbocycles. The molecule has 0 aromatic heterocycles. The van der Waals surface area contributed by atoms with Gasteiger partial charge in [-0.2, -0.15) is 0 Å². The number of nitrogens with one attached hydrogen (secondary N) is 1. The lowest BCUT2D eigenvalue weighted by Crippen LogP contribution is -2.29. The van der Waals surface area contributed by atoms with Crippen LogP contribution in [0.5, 0.6) is 0 Å². The van der Waals surface area contributed by atoms with Crippen LogP contribution in [0.15, 0.2) is 40.9 Å². The molecule has 0 bridgehead atoms. The zero-order valence-corrected chi connectivity index (χ0v) is 12.7. The molecule has 0 amide bonds. The minimum atomic E-state index is -0.390. The quantitative estimate of drug-likeness (QED) is 0.635. The van der Waals surface area contributed by atoms with E-state index in [1.54, 1.807) is 24.3 Å². The second kappa shape index (κ2) is 6.63. The average molecular weight is 362 g/mol. The van der Waals surface area contributed by atoms with E-state index < -0.39 is 0 Å². The predicted molar refractivity (Wildman–Crippen MR) is 79.3 cm³/mol. The topological polar surface area (TPSA) is 38.0 Å². The van der Waals surface area contributed by atoms with Gasteiger partial charge in [0, 0.05) is 5.02 Å². The molecule has 0 heterocycles. The maximum absolute atomic E-state index is 13.8. The van der Waals surface area contributed by atoms with Crippen molar-refractivity contribution in [1.82, 2.24) is 5.43 Å². The number of hydrogen-bond acceptors (Lipinski definition) is 2. The molecule has 0 saturated heterocycles. The van der Waals surface area contributed by atoms with E-state index in [9.17, 15) is 8.78 Å². The number of rotatable bonds is 4. The van der Waals surface area contributed by atoms with E-state index in [-0.39, 0.29) is 17.7 Å². The third-order valence-electron chi connectivity index (χ3n) is 2.99. The second-order valence-corrected chi connectivity index (χ2v) is 5.62. The van der Waals surface area contributed by atoms with E-state index >= 15 is 0 Å². The Bertz CT molecular complexity index is 622. The Hall–Kier alpha value is -1.01. The van der Waals surface area contributed by atoms with Crippen LogP contribution in [0.25, 0.3) is 0 Å². The van der Waals surface area contributed by atoms with Gasteiger partial charge in [-0.05, 0) is 57.7 Å². The molecule has 0 aliphatic heterocycles. The number of halogens is 4. The molecule has 20 heavy (non-hydrogen) atoms. The van der Waals surface area contributed by atoms with Gasteiger partial charge < -0.3 is 0 Å². The van der Waals surface area contributed by atoms with E-state index in [4.69, 9.17) is 17.4 Å². The summed E-state index contributed by atoms with van der Waals surface area (Å²) in [6, 6.07) is 8.72. The van der Waals surface area contributed by atoms with Gasteiger partial charge >= 0.3 is 0 Å². The molecule has 2 nitrogen and oxygen atoms in total. The highest BCUT2D eigenvalue weighted by atomic mass is 79.9. The van der Waals surface area contributed by atoms with E-state index in [1.165, 1.54) is 12.1 Å². The van der Waals surface area contributed by atoms with Gasteiger partial charge in [-0.1, -0.05) is 23.7 Å². The van der Waals surface area contributed by atoms with Crippen molar-refractivity contribution in [3.05, 3.63) is 68.7 Å². The zero-order valence-electron chi connectivity index (χ0n) is 10.3. The molecule has 2 aromatic rings. The van der Waals surface area contributed by atoms with Gasteiger partial charge in [0.05, 0.1) is 10.5 Å². The van der Waals surface area contributed by atoms with Crippen molar-refractivity contribution < 1.29 is 8.78 Å². The molecule has 0 aliphatic rings. The Kier molecular flexibility index (Phi) is 5.10. The van der Waals surface area contributed by atoms with Crippen LogP contribution in [0.3, 0.4) is 0 Å². The fourth-order valence-corrected chi connectivity index (χ4v) is 2.46. The van der Waals surface area contributed by atoms with Crippen molar-refractivity contribution in [2.75, 3.05) is 0 Å². The molecule has 2 aromatic carbocycles. The Morgan fingerprint density at radius 1 is 1.15 bits per heavy atom. The van der Waals surface area contributed by atoms with Gasteiger partial charge in [-0.15, -0.1) is 0 Å². The van der Waals surface area contributed by atoms with Crippen molar-refractivity contribution in [3.63, 3.8) is 0 Å². The molecule has 1 atom stereocenters. The summed E-state index contributed by atoms with van der Waals surface area (Å²) in [4.78, 5) is 0. The molecule has 2 rings (SSSR count). The Balaban J connectivity index is 2.26. The molecule has 1 unspecified atom stereocenters. The van der Waals surface area contributed by atoms with Crippen LogP contribution >= 0.6 is 27.5 Å². The van der Waals surface area contributed by atoms with Gasteiger partial charge in [-0.3, -0.25) is 11.3 Å². The second-order valence-electron chi connectivity index (χ2n) is 4.33. The maximum Gasteiger partial charge on any atom is 0.137 e. The third kappa shape index (κ3) is 3.55. The predicted octanol–water partition coefficient (Wildman–Crippen LogP) is 4.13. The summed E-state index contributed by atoms with van der Waals surface area (Å²) in [5.74, 6) is 4.76. The van der Waals surface area contributed by atoms with Crippen LogP contribution in [0.2, 0.25) is 5.02 Å². The smallest absolute Gasteiger partial charge is 0.137 e. The van der Waals surface area contributed by atoms with E-state index in [1.807, 2.05) is 0 Å². The normalized spacial score (nSPS) is 12.4. The van der Waals surface area contributed by atoms with Crippen LogP contribution in [-0.2, 0) is 6.42 Å². The van der Waals surface area contributed by atoms with Gasteiger partial charge in [-0.25, -0.2) is 8.78 Å². The maximum atomic E-state index is 13.8. The minimum Gasteiger partial charge on any atom is -0.271 e. The van der Waals surface area contributed by atoms with Gasteiger partial charge in [0.15, 0.2) is 0 Å². The molecule has 0 aliphatic carbocycles. The van der Waals surface area contributed by atoms with Crippen molar-refractivity contribution in [1.29, 1.82) is 0 Å². The van der Waals surface area contributed by atoms with Crippen molar-refractivity contribution in [3.8, 4) is 0 Å². The molecular weight excluding hydrogens is 350 g/mol. The van der Waals surface area contributed by atoms with E-state index in [2.05, 4.69) is 21.4 Å². The molecule has 0 fully saturated rings. The van der Waals surface area contributed by atoms with Crippen LogP contribution in [0.1, 0.15) is 17.2 Å². The fourth-order valence-electron chi connectivity index (χ4n) is 1.91. The fraction of sp³-hybridized carbons (Fsp3) is 0.143. The summed E-state index contributed by atoms with van der Waals surface area (Å²) >= 11 is 8.83. The summed E-state index contributed by atoms with van der Waals surface area (Å²) in [6.07, 6.45) is 0.331. The Morgan fingerprint density at radius 3 is 2.50 bits per heavy atom. The number of hydrazine groups is 1. The molecule has 6 heteroatoms. The highest BCUT2D eigenvalue weighted by Crippen LogP contribution is 2.25. The van der Waals surface area contributed by atoms with Gasteiger partial charge in [0.25, 0.3) is 0 Å². The van der Waals surface area contributed by atoms with E-state index in [0.29, 0.717) is 21.5 Å². The lowest BCUT2D eigenvalue weighted by Gasteiger charge is -2.17. The van der Waals surface area contributed by atoms with Crippen molar-refractivity contribution >= 4 is 27.5 Å². The summed E-state index contributed by atoms with van der Waals surface area (Å²) in [6.45, 7) is 0. The van der Waals surface area contributed by atoms with Crippen LogP contribution < -0.4 is 11.3 Å².